The largest absolute Gasteiger partial charge is 0.464 e. The third-order valence-electron chi connectivity index (χ3n) is 3.35. The first kappa shape index (κ1) is 14.6. The van der Waals surface area contributed by atoms with Gasteiger partial charge in [-0.25, -0.2) is 4.39 Å². The number of benzene rings is 1. The molecular formula is C14H16Cl2FNO. The van der Waals surface area contributed by atoms with E-state index >= 15 is 4.39 Å². The maximum Gasteiger partial charge on any atom is 0.180 e. The van der Waals surface area contributed by atoms with E-state index in [1.165, 1.54) is 0 Å². The lowest BCUT2D eigenvalue weighted by atomic mass is 9.89. The summed E-state index contributed by atoms with van der Waals surface area (Å²) in [5, 5.41) is 3.87. The van der Waals surface area contributed by atoms with Crippen LogP contribution in [0.3, 0.4) is 0 Å². The van der Waals surface area contributed by atoms with E-state index < -0.39 is 16.5 Å². The minimum absolute atomic E-state index is 0.449. The molecule has 1 aromatic heterocycles. The fraction of sp³-hybridized carbons (Fsp3) is 0.429. The average Bonchev–Trinajstić information content (AvgIpc) is 2.84. The molecule has 2 rings (SSSR count). The van der Waals surface area contributed by atoms with Crippen LogP contribution in [0.5, 0.6) is 0 Å². The maximum atomic E-state index is 15.3. The number of alkyl halides is 3. The Bertz CT molecular complexity index is 557. The molecule has 19 heavy (non-hydrogen) atoms. The minimum atomic E-state index is -1.86. The van der Waals surface area contributed by atoms with Crippen LogP contribution in [0.15, 0.2) is 34.9 Å². The molecule has 1 N–H and O–H groups in total. The molecule has 0 saturated carbocycles. The first-order valence-corrected chi connectivity index (χ1v) is 7.05. The second-order valence-electron chi connectivity index (χ2n) is 4.52. The third kappa shape index (κ3) is 2.60. The van der Waals surface area contributed by atoms with Gasteiger partial charge < -0.3 is 9.73 Å². The van der Waals surface area contributed by atoms with Crippen LogP contribution in [-0.4, -0.2) is 17.4 Å². The minimum Gasteiger partial charge on any atom is -0.464 e. The molecule has 2 aromatic rings. The van der Waals surface area contributed by atoms with Crippen molar-refractivity contribution in [1.82, 2.24) is 5.32 Å². The Labute approximate surface area is 121 Å². The molecule has 0 saturated heterocycles. The van der Waals surface area contributed by atoms with Crippen LogP contribution < -0.4 is 5.32 Å². The second-order valence-corrected chi connectivity index (χ2v) is 5.62. The van der Waals surface area contributed by atoms with E-state index in [4.69, 9.17) is 27.6 Å². The molecule has 104 valence electrons. The molecular weight excluding hydrogens is 288 g/mol. The maximum absolute atomic E-state index is 15.3. The number of likely N-dealkylation sites (N-methyl/N-ethyl adjacent to an activating group) is 1. The highest BCUT2D eigenvalue weighted by molar-refractivity contribution is 6.45. The highest BCUT2D eigenvalue weighted by Crippen LogP contribution is 2.40. The van der Waals surface area contributed by atoms with Crippen LogP contribution in [0.25, 0.3) is 11.0 Å². The van der Waals surface area contributed by atoms with Gasteiger partial charge in [-0.2, -0.15) is 0 Å². The first-order valence-electron chi connectivity index (χ1n) is 6.18. The topological polar surface area (TPSA) is 25.2 Å². The quantitative estimate of drug-likeness (QED) is 0.828. The van der Waals surface area contributed by atoms with Crippen LogP contribution in [0.2, 0.25) is 0 Å². The molecule has 0 fully saturated rings. The fourth-order valence-corrected chi connectivity index (χ4v) is 2.85. The van der Waals surface area contributed by atoms with E-state index in [0.717, 1.165) is 5.39 Å². The van der Waals surface area contributed by atoms with E-state index in [1.807, 2.05) is 6.92 Å². The zero-order valence-corrected chi connectivity index (χ0v) is 12.3. The molecule has 0 spiro atoms. The van der Waals surface area contributed by atoms with E-state index in [2.05, 4.69) is 5.32 Å². The summed E-state index contributed by atoms with van der Waals surface area (Å²) in [4.78, 5) is -1.16. The van der Waals surface area contributed by atoms with Crippen molar-refractivity contribution in [2.45, 2.75) is 30.4 Å². The summed E-state index contributed by atoms with van der Waals surface area (Å²) in [7, 11) is 0. The number of hydrogen-bond acceptors (Lipinski definition) is 2. The molecule has 2 unspecified atom stereocenters. The van der Waals surface area contributed by atoms with Crippen molar-refractivity contribution in [3.63, 3.8) is 0 Å². The molecule has 0 radical (unpaired) electrons. The monoisotopic (exact) mass is 303 g/mol. The summed E-state index contributed by atoms with van der Waals surface area (Å²) in [6.45, 7) is 4.29. The van der Waals surface area contributed by atoms with Crippen LogP contribution in [0.4, 0.5) is 4.39 Å². The highest BCUT2D eigenvalue weighted by atomic mass is 35.5. The van der Waals surface area contributed by atoms with Crippen molar-refractivity contribution in [3.8, 4) is 0 Å². The molecule has 1 heterocycles. The molecule has 0 aliphatic carbocycles. The fourth-order valence-electron chi connectivity index (χ4n) is 2.22. The van der Waals surface area contributed by atoms with Gasteiger partial charge in [-0.05, 0) is 37.2 Å². The SMILES string of the molecule is CCNC(C)C(F)(c1ccc2occc2c1)C(Cl)Cl. The smallest absolute Gasteiger partial charge is 0.180 e. The van der Waals surface area contributed by atoms with Crippen LogP contribution in [0, 0.1) is 0 Å². The normalized spacial score (nSPS) is 16.7. The van der Waals surface area contributed by atoms with Crippen molar-refractivity contribution in [3.05, 3.63) is 36.1 Å². The Morgan fingerprint density at radius 2 is 2.11 bits per heavy atom. The van der Waals surface area contributed by atoms with Gasteiger partial charge in [-0.15, -0.1) is 23.2 Å². The van der Waals surface area contributed by atoms with E-state index in [9.17, 15) is 0 Å². The van der Waals surface area contributed by atoms with Gasteiger partial charge in [0.05, 0.1) is 6.26 Å². The lowest BCUT2D eigenvalue weighted by Gasteiger charge is -2.33. The third-order valence-corrected chi connectivity index (χ3v) is 3.99. The van der Waals surface area contributed by atoms with Crippen molar-refractivity contribution in [1.29, 1.82) is 0 Å². The number of fused-ring (bicyclic) bond motifs is 1. The predicted octanol–water partition coefficient (Wildman–Crippen LogP) is 4.40. The summed E-state index contributed by atoms with van der Waals surface area (Å²) >= 11 is 11.8. The van der Waals surface area contributed by atoms with Crippen molar-refractivity contribution < 1.29 is 8.81 Å². The van der Waals surface area contributed by atoms with E-state index in [0.29, 0.717) is 17.7 Å². The van der Waals surface area contributed by atoms with Gasteiger partial charge in [-0.3, -0.25) is 0 Å². The number of furan rings is 1. The lowest BCUT2D eigenvalue weighted by Crippen LogP contribution is -2.47. The standard InChI is InChI=1S/C14H16Cl2FNO/c1-3-18-9(2)14(17,13(15)16)11-4-5-12-10(8-11)6-7-19-12/h4-9,13,18H,3H2,1-2H3. The van der Waals surface area contributed by atoms with Gasteiger partial charge in [0, 0.05) is 11.4 Å². The zero-order chi connectivity index (χ0) is 14.0. The molecule has 0 bridgehead atoms. The molecule has 0 aliphatic rings. The van der Waals surface area contributed by atoms with E-state index in [1.54, 1.807) is 37.5 Å². The summed E-state index contributed by atoms with van der Waals surface area (Å²) in [6.07, 6.45) is 1.57. The van der Waals surface area contributed by atoms with Gasteiger partial charge in [0.15, 0.2) is 5.67 Å². The Morgan fingerprint density at radius 1 is 1.37 bits per heavy atom. The molecule has 2 atom stereocenters. The lowest BCUT2D eigenvalue weighted by molar-refractivity contribution is 0.129. The predicted molar refractivity (Wildman–Crippen MR) is 77.6 cm³/mol. The van der Waals surface area contributed by atoms with Gasteiger partial charge in [0.2, 0.25) is 0 Å². The Kier molecular flexibility index (Phi) is 4.39. The first-order chi connectivity index (χ1) is 9.00. The van der Waals surface area contributed by atoms with Crippen LogP contribution in [0.1, 0.15) is 19.4 Å². The summed E-state index contributed by atoms with van der Waals surface area (Å²) in [5.41, 5.74) is -0.697. The number of rotatable bonds is 5. The highest BCUT2D eigenvalue weighted by Gasteiger charge is 2.44. The molecule has 0 amide bonds. The van der Waals surface area contributed by atoms with Gasteiger partial charge >= 0.3 is 0 Å². The zero-order valence-electron chi connectivity index (χ0n) is 10.8. The number of hydrogen-bond donors (Lipinski definition) is 1. The summed E-state index contributed by atoms with van der Waals surface area (Å²) in [5.74, 6) is 0. The van der Waals surface area contributed by atoms with Crippen molar-refractivity contribution >= 4 is 34.2 Å². The number of nitrogens with one attached hydrogen (secondary N) is 1. The Hall–Kier alpha value is -0.770. The molecule has 0 aliphatic heterocycles. The average molecular weight is 304 g/mol. The van der Waals surface area contributed by atoms with Gasteiger partial charge in [0.25, 0.3) is 0 Å². The molecule has 1 aromatic carbocycles. The molecule has 2 nitrogen and oxygen atoms in total. The Balaban J connectivity index is 2.47. The van der Waals surface area contributed by atoms with Crippen LogP contribution in [-0.2, 0) is 5.67 Å². The summed E-state index contributed by atoms with van der Waals surface area (Å²) < 4.78 is 20.6. The Morgan fingerprint density at radius 3 is 2.74 bits per heavy atom. The van der Waals surface area contributed by atoms with Crippen molar-refractivity contribution in [2.75, 3.05) is 6.54 Å². The van der Waals surface area contributed by atoms with Crippen molar-refractivity contribution in [2.24, 2.45) is 0 Å². The van der Waals surface area contributed by atoms with Gasteiger partial charge in [-0.1, -0.05) is 13.0 Å². The second kappa shape index (κ2) is 5.70. The number of halogens is 3. The molecule has 5 heteroatoms. The summed E-state index contributed by atoms with van der Waals surface area (Å²) in [6, 6.07) is 6.41. The van der Waals surface area contributed by atoms with Gasteiger partial charge in [0.1, 0.15) is 10.4 Å². The van der Waals surface area contributed by atoms with E-state index in [-0.39, 0.29) is 0 Å². The van der Waals surface area contributed by atoms with Crippen LogP contribution >= 0.6 is 23.2 Å².